The van der Waals surface area contributed by atoms with Gasteiger partial charge in [0.15, 0.2) is 0 Å². The maximum Gasteiger partial charge on any atom is 0.417 e. The minimum absolute atomic E-state index is 0.0464. The third-order valence-corrected chi connectivity index (χ3v) is 4.58. The van der Waals surface area contributed by atoms with E-state index in [4.69, 9.17) is 0 Å². The van der Waals surface area contributed by atoms with Crippen LogP contribution in [0.4, 0.5) is 32.0 Å². The quantitative estimate of drug-likeness (QED) is 0.773. The summed E-state index contributed by atoms with van der Waals surface area (Å²) in [4.78, 5) is 15.2. The van der Waals surface area contributed by atoms with Crippen LogP contribution >= 0.6 is 11.8 Å². The number of aromatic nitrogens is 1. The summed E-state index contributed by atoms with van der Waals surface area (Å²) >= 11 is 1.24. The number of thioether (sulfide) groups is 1. The van der Waals surface area contributed by atoms with Crippen molar-refractivity contribution >= 4 is 28.4 Å². The van der Waals surface area contributed by atoms with Gasteiger partial charge >= 0.3 is 12.4 Å². The smallest absolute Gasteiger partial charge is 0.361 e. The Morgan fingerprint density at radius 3 is 2.46 bits per heavy atom. The molecular weight excluding hydrogens is 358 g/mol. The van der Waals surface area contributed by atoms with Crippen molar-refractivity contribution in [1.29, 1.82) is 0 Å². The predicted molar refractivity (Wildman–Crippen MR) is 78.6 cm³/mol. The molecule has 2 heterocycles. The molecule has 24 heavy (non-hydrogen) atoms. The first-order valence-corrected chi connectivity index (χ1v) is 7.76. The zero-order valence-corrected chi connectivity index (χ0v) is 12.7. The first kappa shape index (κ1) is 17.0. The number of fused-ring (bicyclic) bond motifs is 2. The van der Waals surface area contributed by atoms with Crippen LogP contribution in [0.2, 0.25) is 0 Å². The van der Waals surface area contributed by atoms with Crippen molar-refractivity contribution in [3.63, 3.8) is 0 Å². The Labute approximate surface area is 135 Å². The maximum atomic E-state index is 13.1. The lowest BCUT2D eigenvalue weighted by atomic mass is 10.1. The van der Waals surface area contributed by atoms with E-state index in [0.29, 0.717) is 16.7 Å². The van der Waals surface area contributed by atoms with E-state index in [1.807, 2.05) is 0 Å². The summed E-state index contributed by atoms with van der Waals surface area (Å²) in [6.07, 6.45) is -9.25. The van der Waals surface area contributed by atoms with Gasteiger partial charge in [-0.05, 0) is 12.1 Å². The van der Waals surface area contributed by atoms with Crippen LogP contribution in [0.1, 0.15) is 5.56 Å². The highest BCUT2D eigenvalue weighted by Gasteiger charge is 2.36. The monoisotopic (exact) mass is 368 g/mol. The molecule has 0 amide bonds. The molecule has 2 aromatic rings. The molecule has 0 fully saturated rings. The summed E-state index contributed by atoms with van der Waals surface area (Å²) in [6.45, 7) is -1.16. The molecule has 1 aromatic heterocycles. The zero-order valence-electron chi connectivity index (χ0n) is 11.9. The average Bonchev–Trinajstić information content (AvgIpc) is 2.42. The van der Waals surface area contributed by atoms with E-state index >= 15 is 0 Å². The molecule has 0 spiro atoms. The van der Waals surface area contributed by atoms with Crippen molar-refractivity contribution in [2.45, 2.75) is 17.2 Å². The molecule has 1 aromatic carbocycles. The number of hydrogen-bond donors (Lipinski definition) is 1. The number of nitrogens with one attached hydrogen (secondary N) is 1. The van der Waals surface area contributed by atoms with E-state index in [9.17, 15) is 31.1 Å². The summed E-state index contributed by atoms with van der Waals surface area (Å²) in [5, 5.41) is -0.324. The SMILES string of the molecule is O=c1cc(C(F)(F)F)c2cc3c(cc2[nH]1)SCCN3CC(F)(F)F. The third kappa shape index (κ3) is 3.33. The minimum atomic E-state index is -4.78. The number of halogens is 6. The Kier molecular flexibility index (Phi) is 3.97. The van der Waals surface area contributed by atoms with Crippen LogP contribution in [0.15, 0.2) is 27.9 Å². The van der Waals surface area contributed by atoms with Crippen molar-refractivity contribution in [3.05, 3.63) is 34.1 Å². The molecule has 0 saturated carbocycles. The third-order valence-electron chi connectivity index (χ3n) is 3.56. The first-order chi connectivity index (χ1) is 11.0. The van der Waals surface area contributed by atoms with Gasteiger partial charge in [-0.1, -0.05) is 0 Å². The topological polar surface area (TPSA) is 36.1 Å². The Balaban J connectivity index is 2.22. The summed E-state index contributed by atoms with van der Waals surface area (Å²) in [7, 11) is 0. The van der Waals surface area contributed by atoms with Gasteiger partial charge in [-0.2, -0.15) is 26.3 Å². The lowest BCUT2D eigenvalue weighted by Gasteiger charge is -2.32. The number of hydrogen-bond acceptors (Lipinski definition) is 3. The number of H-pyrrole nitrogens is 1. The van der Waals surface area contributed by atoms with Gasteiger partial charge in [0, 0.05) is 28.6 Å². The van der Waals surface area contributed by atoms with Crippen LogP contribution in [-0.2, 0) is 6.18 Å². The number of pyridine rings is 1. The lowest BCUT2D eigenvalue weighted by molar-refractivity contribution is -0.136. The van der Waals surface area contributed by atoms with Crippen LogP contribution in [-0.4, -0.2) is 30.0 Å². The summed E-state index contributed by atoms with van der Waals surface area (Å²) in [5.41, 5.74) is -2.03. The van der Waals surface area contributed by atoms with Gasteiger partial charge in [0.2, 0.25) is 5.56 Å². The Morgan fingerprint density at radius 1 is 1.12 bits per heavy atom. The molecule has 3 nitrogen and oxygen atoms in total. The molecular formula is C14H10F6N2OS. The van der Waals surface area contributed by atoms with Gasteiger partial charge in [0.1, 0.15) is 6.54 Å². The van der Waals surface area contributed by atoms with Crippen LogP contribution < -0.4 is 10.5 Å². The fourth-order valence-corrected chi connectivity index (χ4v) is 3.71. The predicted octanol–water partition coefficient (Wildman–Crippen LogP) is 4.02. The van der Waals surface area contributed by atoms with Crippen LogP contribution in [0.25, 0.3) is 10.9 Å². The number of benzene rings is 1. The molecule has 0 radical (unpaired) electrons. The second-order valence-corrected chi connectivity index (χ2v) is 6.43. The molecule has 0 atom stereocenters. The fourth-order valence-electron chi connectivity index (χ4n) is 2.64. The van der Waals surface area contributed by atoms with Gasteiger partial charge < -0.3 is 9.88 Å². The Bertz CT molecular complexity index is 842. The lowest BCUT2D eigenvalue weighted by Crippen LogP contribution is -2.37. The van der Waals surface area contributed by atoms with Gasteiger partial charge in [-0.15, -0.1) is 11.8 Å². The van der Waals surface area contributed by atoms with Crippen molar-refractivity contribution < 1.29 is 26.3 Å². The van der Waals surface area contributed by atoms with Gasteiger partial charge in [-0.25, -0.2) is 0 Å². The van der Waals surface area contributed by atoms with E-state index in [2.05, 4.69) is 4.98 Å². The first-order valence-electron chi connectivity index (χ1n) is 6.77. The standard InChI is InChI=1S/C14H10F6N2OS/c15-13(16,17)6-22-1-2-24-11-5-9-7(3-10(11)22)8(14(18,19)20)4-12(23)21-9/h3-5H,1-2,6H2,(H,21,23). The Morgan fingerprint density at radius 2 is 1.83 bits per heavy atom. The summed E-state index contributed by atoms with van der Waals surface area (Å²) in [6, 6.07) is 2.79. The normalized spacial score (nSPS) is 15.7. The highest BCUT2D eigenvalue weighted by Crippen LogP contribution is 2.41. The molecule has 0 saturated heterocycles. The zero-order chi connectivity index (χ0) is 17.7. The summed E-state index contributed by atoms with van der Waals surface area (Å²) in [5.74, 6) is 0.373. The number of anilines is 1. The number of rotatable bonds is 1. The minimum Gasteiger partial charge on any atom is -0.361 e. The molecule has 1 N–H and O–H groups in total. The van der Waals surface area contributed by atoms with E-state index in [0.717, 1.165) is 11.0 Å². The maximum absolute atomic E-state index is 13.1. The van der Waals surface area contributed by atoms with Crippen molar-refractivity contribution in [2.24, 2.45) is 0 Å². The van der Waals surface area contributed by atoms with Gasteiger partial charge in [-0.3, -0.25) is 4.79 Å². The van der Waals surface area contributed by atoms with E-state index in [1.165, 1.54) is 17.8 Å². The van der Waals surface area contributed by atoms with Crippen LogP contribution in [0.5, 0.6) is 0 Å². The van der Waals surface area contributed by atoms with E-state index < -0.39 is 30.0 Å². The number of nitrogens with zero attached hydrogens (tertiary/aromatic N) is 1. The van der Waals surface area contributed by atoms with E-state index in [-0.39, 0.29) is 23.1 Å². The molecule has 0 aliphatic carbocycles. The molecule has 0 unspecified atom stereocenters. The van der Waals surface area contributed by atoms with Crippen LogP contribution in [0, 0.1) is 0 Å². The highest BCUT2D eigenvalue weighted by atomic mass is 32.2. The van der Waals surface area contributed by atoms with Crippen molar-refractivity contribution in [3.8, 4) is 0 Å². The average molecular weight is 368 g/mol. The molecule has 1 aliphatic rings. The second-order valence-electron chi connectivity index (χ2n) is 5.30. The molecule has 3 rings (SSSR count). The Hall–Kier alpha value is -1.84. The second kappa shape index (κ2) is 5.61. The molecule has 10 heteroatoms. The largest absolute Gasteiger partial charge is 0.417 e. The van der Waals surface area contributed by atoms with Crippen LogP contribution in [0.3, 0.4) is 0 Å². The van der Waals surface area contributed by atoms with Gasteiger partial charge in [0.25, 0.3) is 0 Å². The van der Waals surface area contributed by atoms with Crippen molar-refractivity contribution in [2.75, 3.05) is 23.7 Å². The number of alkyl halides is 6. The fraction of sp³-hybridized carbons (Fsp3) is 0.357. The van der Waals surface area contributed by atoms with Crippen molar-refractivity contribution in [1.82, 2.24) is 4.98 Å². The highest BCUT2D eigenvalue weighted by molar-refractivity contribution is 7.99. The number of aromatic amines is 1. The molecule has 0 bridgehead atoms. The molecule has 1 aliphatic heterocycles. The molecule has 130 valence electrons. The van der Waals surface area contributed by atoms with Gasteiger partial charge in [0.05, 0.1) is 16.8 Å². The van der Waals surface area contributed by atoms with E-state index in [1.54, 1.807) is 0 Å². The summed E-state index contributed by atoms with van der Waals surface area (Å²) < 4.78 is 77.5.